The number of benzene rings is 1. The zero-order chi connectivity index (χ0) is 20.6. The van der Waals surface area contributed by atoms with Crippen molar-refractivity contribution >= 4 is 29.9 Å². The number of aromatic nitrogens is 1. The third kappa shape index (κ3) is 7.28. The van der Waals surface area contributed by atoms with E-state index in [0.29, 0.717) is 0 Å². The molecule has 0 aliphatic carbocycles. The topological polar surface area (TPSA) is 39.0 Å². The second-order valence-electron chi connectivity index (χ2n) is 8.12. The van der Waals surface area contributed by atoms with E-state index in [9.17, 15) is 0 Å². The van der Waals surface area contributed by atoms with Gasteiger partial charge in [0.2, 0.25) is 0 Å². The van der Waals surface area contributed by atoms with E-state index in [2.05, 4.69) is 93.3 Å². The molecule has 1 aliphatic heterocycles. The van der Waals surface area contributed by atoms with Gasteiger partial charge in [-0.2, -0.15) is 0 Å². The van der Waals surface area contributed by atoms with Crippen molar-refractivity contribution < 1.29 is 0 Å². The molecule has 2 aromatic rings. The third-order valence-corrected chi connectivity index (χ3v) is 5.72. The normalized spacial score (nSPS) is 16.1. The summed E-state index contributed by atoms with van der Waals surface area (Å²) in [5.74, 6) is 0.906. The lowest BCUT2D eigenvalue weighted by molar-refractivity contribution is 0.269. The number of nitrogens with one attached hydrogen (secondary N) is 1. The molecule has 0 saturated carbocycles. The van der Waals surface area contributed by atoms with Crippen LogP contribution in [0.15, 0.2) is 47.6 Å². The molecule has 1 N–H and O–H groups in total. The number of likely N-dealkylation sites (N-methyl/N-ethyl adjacent to an activating group) is 1. The lowest BCUT2D eigenvalue weighted by atomic mass is 10.1. The Balaban J connectivity index is 0.00000320. The minimum atomic E-state index is 0. The van der Waals surface area contributed by atoms with Gasteiger partial charge in [0.25, 0.3) is 0 Å². The van der Waals surface area contributed by atoms with Gasteiger partial charge in [0.05, 0.1) is 6.54 Å². The largest absolute Gasteiger partial charge is 0.353 e. The van der Waals surface area contributed by atoms with Crippen molar-refractivity contribution in [2.75, 3.05) is 47.3 Å². The molecule has 3 rings (SSSR count). The first kappa shape index (κ1) is 24.7. The summed E-state index contributed by atoms with van der Waals surface area (Å²) in [6.07, 6.45) is 3.33. The summed E-state index contributed by atoms with van der Waals surface area (Å²) in [6, 6.07) is 13.2. The number of hydrogen-bond donors (Lipinski definition) is 1. The summed E-state index contributed by atoms with van der Waals surface area (Å²) in [5.41, 5.74) is 3.93. The van der Waals surface area contributed by atoms with E-state index in [1.165, 1.54) is 36.3 Å². The maximum absolute atomic E-state index is 4.43. The molecule has 0 atom stereocenters. The van der Waals surface area contributed by atoms with Crippen LogP contribution in [0.4, 0.5) is 0 Å². The predicted octanol–water partition coefficient (Wildman–Crippen LogP) is 2.99. The Labute approximate surface area is 199 Å². The quantitative estimate of drug-likeness (QED) is 0.359. The van der Waals surface area contributed by atoms with Crippen molar-refractivity contribution in [3.63, 3.8) is 0 Å². The molecule has 7 heteroatoms. The molecule has 1 aliphatic rings. The smallest absolute Gasteiger partial charge is 0.194 e. The van der Waals surface area contributed by atoms with Gasteiger partial charge in [-0.25, -0.2) is 0 Å². The van der Waals surface area contributed by atoms with Crippen molar-refractivity contribution in [1.82, 2.24) is 24.6 Å². The molecule has 0 radical (unpaired) electrons. The molecular weight excluding hydrogens is 487 g/mol. The van der Waals surface area contributed by atoms with Gasteiger partial charge in [-0.1, -0.05) is 24.3 Å². The number of hydrogen-bond acceptors (Lipinski definition) is 3. The number of rotatable bonds is 6. The Bertz CT molecular complexity index is 785. The second kappa shape index (κ2) is 12.3. The van der Waals surface area contributed by atoms with Gasteiger partial charge in [0.1, 0.15) is 0 Å². The summed E-state index contributed by atoms with van der Waals surface area (Å²) in [4.78, 5) is 11.6. The average Bonchev–Trinajstić information content (AvgIpc) is 3.00. The lowest BCUT2D eigenvalue weighted by Crippen LogP contribution is -2.38. The Morgan fingerprint density at radius 2 is 1.77 bits per heavy atom. The van der Waals surface area contributed by atoms with E-state index < -0.39 is 0 Å². The van der Waals surface area contributed by atoms with Crippen LogP contribution in [-0.4, -0.2) is 72.5 Å². The number of aliphatic imine (C=N–C) groups is 1. The van der Waals surface area contributed by atoms with Crippen LogP contribution in [-0.2, 0) is 26.7 Å². The minimum Gasteiger partial charge on any atom is -0.353 e. The summed E-state index contributed by atoms with van der Waals surface area (Å²) in [5, 5.41) is 3.48. The number of nitrogens with zero attached hydrogens (tertiary/aromatic N) is 5. The SMILES string of the molecule is CN=C(NCc1ccc(CN2CCCN(C)CC2)cc1)N(C)Cc1cccn1C.I. The van der Waals surface area contributed by atoms with E-state index in [1.807, 2.05) is 7.05 Å². The molecule has 1 aromatic heterocycles. The molecular formula is C23H37IN6. The Kier molecular flexibility index (Phi) is 10.1. The molecule has 1 fully saturated rings. The van der Waals surface area contributed by atoms with Crippen molar-refractivity contribution in [2.24, 2.45) is 12.0 Å². The molecule has 6 nitrogen and oxygen atoms in total. The van der Waals surface area contributed by atoms with Gasteiger partial charge >= 0.3 is 0 Å². The van der Waals surface area contributed by atoms with Crippen molar-refractivity contribution in [3.05, 3.63) is 59.4 Å². The molecule has 0 amide bonds. The van der Waals surface area contributed by atoms with Gasteiger partial charge < -0.3 is 19.7 Å². The van der Waals surface area contributed by atoms with E-state index in [1.54, 1.807) is 0 Å². The molecule has 1 saturated heterocycles. The monoisotopic (exact) mass is 524 g/mol. The van der Waals surface area contributed by atoms with Gasteiger partial charge in [0.15, 0.2) is 5.96 Å². The fraction of sp³-hybridized carbons (Fsp3) is 0.522. The molecule has 0 spiro atoms. The fourth-order valence-corrected chi connectivity index (χ4v) is 3.82. The highest BCUT2D eigenvalue weighted by Crippen LogP contribution is 2.10. The van der Waals surface area contributed by atoms with E-state index in [-0.39, 0.29) is 24.0 Å². The van der Waals surface area contributed by atoms with Gasteiger partial charge in [-0.05, 0) is 49.8 Å². The Hall–Kier alpha value is -1.58. The zero-order valence-corrected chi connectivity index (χ0v) is 21.2. The minimum absolute atomic E-state index is 0. The van der Waals surface area contributed by atoms with Crippen molar-refractivity contribution in [2.45, 2.75) is 26.1 Å². The fourth-order valence-electron chi connectivity index (χ4n) is 3.82. The van der Waals surface area contributed by atoms with Crippen LogP contribution < -0.4 is 5.32 Å². The standard InChI is InChI=1S/C23H36N6.HI/c1-24-23(28(4)19-22-7-5-13-27(22)3)25-17-20-8-10-21(11-9-20)18-29-14-6-12-26(2)15-16-29;/h5,7-11,13H,6,12,14-19H2,1-4H3,(H,24,25);1H. The van der Waals surface area contributed by atoms with E-state index in [4.69, 9.17) is 0 Å². The Morgan fingerprint density at radius 3 is 2.43 bits per heavy atom. The highest BCUT2D eigenvalue weighted by Gasteiger charge is 2.12. The predicted molar refractivity (Wildman–Crippen MR) is 136 cm³/mol. The lowest BCUT2D eigenvalue weighted by Gasteiger charge is -2.22. The summed E-state index contributed by atoms with van der Waals surface area (Å²) >= 11 is 0. The summed E-state index contributed by atoms with van der Waals surface area (Å²) in [7, 11) is 8.21. The summed E-state index contributed by atoms with van der Waals surface area (Å²) in [6.45, 7) is 7.37. The summed E-state index contributed by atoms with van der Waals surface area (Å²) < 4.78 is 2.14. The Morgan fingerprint density at radius 1 is 1.03 bits per heavy atom. The van der Waals surface area contributed by atoms with Crippen LogP contribution in [0.1, 0.15) is 23.2 Å². The first-order valence-electron chi connectivity index (χ1n) is 10.6. The van der Waals surface area contributed by atoms with Gasteiger partial charge in [-0.15, -0.1) is 24.0 Å². The molecule has 30 heavy (non-hydrogen) atoms. The highest BCUT2D eigenvalue weighted by molar-refractivity contribution is 14.0. The highest BCUT2D eigenvalue weighted by atomic mass is 127. The number of aryl methyl sites for hydroxylation is 1. The van der Waals surface area contributed by atoms with Crippen LogP contribution in [0.5, 0.6) is 0 Å². The average molecular weight is 524 g/mol. The maximum atomic E-state index is 4.43. The zero-order valence-electron chi connectivity index (χ0n) is 18.8. The molecule has 1 aromatic carbocycles. The molecule has 0 unspecified atom stereocenters. The van der Waals surface area contributed by atoms with Crippen LogP contribution in [0.2, 0.25) is 0 Å². The molecule has 166 valence electrons. The van der Waals surface area contributed by atoms with Gasteiger partial charge in [-0.3, -0.25) is 9.89 Å². The molecule has 0 bridgehead atoms. The number of halogens is 1. The van der Waals surface area contributed by atoms with Crippen LogP contribution >= 0.6 is 24.0 Å². The van der Waals surface area contributed by atoms with E-state index >= 15 is 0 Å². The first-order chi connectivity index (χ1) is 14.0. The maximum Gasteiger partial charge on any atom is 0.194 e. The van der Waals surface area contributed by atoms with Crippen molar-refractivity contribution in [1.29, 1.82) is 0 Å². The van der Waals surface area contributed by atoms with Gasteiger partial charge in [0, 0.05) is 59.2 Å². The third-order valence-electron chi connectivity index (χ3n) is 5.72. The van der Waals surface area contributed by atoms with Crippen LogP contribution in [0.25, 0.3) is 0 Å². The first-order valence-corrected chi connectivity index (χ1v) is 10.6. The molecule has 2 heterocycles. The van der Waals surface area contributed by atoms with Crippen LogP contribution in [0, 0.1) is 0 Å². The van der Waals surface area contributed by atoms with Crippen molar-refractivity contribution in [3.8, 4) is 0 Å². The van der Waals surface area contributed by atoms with Crippen LogP contribution in [0.3, 0.4) is 0 Å². The van der Waals surface area contributed by atoms with E-state index in [0.717, 1.165) is 38.7 Å². The number of guanidine groups is 1. The second-order valence-corrected chi connectivity index (χ2v) is 8.12.